The van der Waals surface area contributed by atoms with Gasteiger partial charge in [-0.3, -0.25) is 14.8 Å². The number of anilines is 1. The zero-order valence-electron chi connectivity index (χ0n) is 25.3. The van der Waals surface area contributed by atoms with E-state index >= 15 is 0 Å². The molecular formula is C24H24N6O2. The highest BCUT2D eigenvalue weighted by atomic mass is 16.5. The molecule has 0 bridgehead atoms. The Balaban J connectivity index is 1.46. The number of ether oxygens (including phenoxy) is 1. The van der Waals surface area contributed by atoms with Crippen LogP contribution in [0.15, 0.2) is 49.1 Å². The first-order valence-corrected chi connectivity index (χ1v) is 9.78. The van der Waals surface area contributed by atoms with Crippen molar-refractivity contribution >= 4 is 22.4 Å². The number of hydrogen-bond acceptors (Lipinski definition) is 7. The molecule has 1 fully saturated rings. The Hall–Kier alpha value is -3.65. The quantitative estimate of drug-likeness (QED) is 0.445. The SMILES string of the molecule is [2H]C1([2H])OC([2H])([2H])C([2H])([2H])N(c2cc(C(=O)Cc3cc4cc(-c5cnc(C)n5C)ncc4cn3)ccn2)C1([2H])[2H]. The number of nitrogens with zero attached hydrogens (tertiary/aromatic N) is 6. The molecule has 5 heterocycles. The molecule has 4 aromatic rings. The highest BCUT2D eigenvalue weighted by Crippen LogP contribution is 2.23. The van der Waals surface area contributed by atoms with Gasteiger partial charge in [0, 0.05) is 55.3 Å². The summed E-state index contributed by atoms with van der Waals surface area (Å²) >= 11 is 0. The lowest BCUT2D eigenvalue weighted by Crippen LogP contribution is -2.36. The third-order valence-corrected chi connectivity index (χ3v) is 5.20. The lowest BCUT2D eigenvalue weighted by Gasteiger charge is -2.27. The van der Waals surface area contributed by atoms with E-state index < -0.39 is 37.7 Å². The van der Waals surface area contributed by atoms with Gasteiger partial charge in [0.15, 0.2) is 5.78 Å². The van der Waals surface area contributed by atoms with Crippen molar-refractivity contribution in [3.63, 3.8) is 0 Å². The molecule has 1 saturated heterocycles. The maximum atomic E-state index is 13.2. The number of aryl methyl sites for hydroxylation is 1. The van der Waals surface area contributed by atoms with Gasteiger partial charge in [-0.2, -0.15) is 0 Å². The molecule has 8 nitrogen and oxygen atoms in total. The van der Waals surface area contributed by atoms with Crippen LogP contribution >= 0.6 is 0 Å². The summed E-state index contributed by atoms with van der Waals surface area (Å²) in [5.41, 5.74) is 2.01. The maximum absolute atomic E-state index is 13.2. The van der Waals surface area contributed by atoms with Crippen LogP contribution in [0.3, 0.4) is 0 Å². The first kappa shape index (κ1) is 13.0. The van der Waals surface area contributed by atoms with E-state index in [1.165, 1.54) is 6.07 Å². The topological polar surface area (TPSA) is 86.0 Å². The lowest BCUT2D eigenvalue weighted by molar-refractivity contribution is 0.0992. The van der Waals surface area contributed by atoms with E-state index in [1.807, 2.05) is 24.6 Å². The van der Waals surface area contributed by atoms with Gasteiger partial charge in [-0.1, -0.05) is 0 Å². The Bertz CT molecular complexity index is 1610. The summed E-state index contributed by atoms with van der Waals surface area (Å²) in [6, 6.07) is 6.08. The molecule has 0 radical (unpaired) electrons. The van der Waals surface area contributed by atoms with Crippen molar-refractivity contribution in [3.05, 3.63) is 66.1 Å². The Morgan fingerprint density at radius 2 is 1.88 bits per heavy atom. The second kappa shape index (κ2) is 8.47. The van der Waals surface area contributed by atoms with Gasteiger partial charge in [0.2, 0.25) is 0 Å². The standard InChI is InChI=1S/C24H24N6O2/c1-16-26-15-22(29(16)2)21-10-18-9-20(27-13-19(18)14-28-21)12-23(31)17-3-4-25-24(11-17)30-5-7-32-8-6-30/h3-4,9-11,13-15H,5-8,12H2,1-2H3/i5D2,6D2,7D2,8D2. The molecule has 0 atom stereocenters. The second-order valence-electron chi connectivity index (χ2n) is 7.21. The number of ketones is 1. The van der Waals surface area contributed by atoms with Crippen molar-refractivity contribution in [2.24, 2.45) is 7.05 Å². The van der Waals surface area contributed by atoms with Gasteiger partial charge >= 0.3 is 0 Å². The highest BCUT2D eigenvalue weighted by Gasteiger charge is 2.16. The number of fused-ring (bicyclic) bond motifs is 1. The average molecular weight is 437 g/mol. The van der Waals surface area contributed by atoms with Crippen LogP contribution in [0.25, 0.3) is 22.2 Å². The third-order valence-electron chi connectivity index (χ3n) is 5.20. The summed E-state index contributed by atoms with van der Waals surface area (Å²) in [6.07, 6.45) is 6.01. The van der Waals surface area contributed by atoms with E-state index in [4.69, 9.17) is 11.0 Å². The fourth-order valence-corrected chi connectivity index (χ4v) is 3.35. The fourth-order valence-electron chi connectivity index (χ4n) is 3.35. The molecule has 1 aliphatic heterocycles. The maximum Gasteiger partial charge on any atom is 0.169 e. The Kier molecular flexibility index (Phi) is 3.45. The van der Waals surface area contributed by atoms with Crippen LogP contribution in [0.2, 0.25) is 0 Å². The van der Waals surface area contributed by atoms with Crippen LogP contribution in [0.4, 0.5) is 5.82 Å². The summed E-state index contributed by atoms with van der Waals surface area (Å²) in [6.45, 7) is -10.9. The number of carbonyl (C=O) groups is 1. The predicted molar refractivity (Wildman–Crippen MR) is 122 cm³/mol. The Labute approximate surface area is 197 Å². The monoisotopic (exact) mass is 436 g/mol. The van der Waals surface area contributed by atoms with Gasteiger partial charge in [0.1, 0.15) is 11.6 Å². The van der Waals surface area contributed by atoms with Crippen LogP contribution in [-0.4, -0.2) is 56.4 Å². The van der Waals surface area contributed by atoms with E-state index in [2.05, 4.69) is 24.7 Å². The van der Waals surface area contributed by atoms with Crippen LogP contribution < -0.4 is 4.90 Å². The molecule has 0 saturated carbocycles. The first-order chi connectivity index (χ1) is 18.5. The third kappa shape index (κ3) is 3.97. The number of imidazole rings is 1. The van der Waals surface area contributed by atoms with E-state index in [9.17, 15) is 4.79 Å². The van der Waals surface area contributed by atoms with Gasteiger partial charge in [0.05, 0.1) is 48.1 Å². The molecule has 4 aromatic heterocycles. The van der Waals surface area contributed by atoms with Gasteiger partial charge < -0.3 is 14.2 Å². The largest absolute Gasteiger partial charge is 0.378 e. The zero-order valence-corrected chi connectivity index (χ0v) is 17.3. The number of rotatable bonds is 5. The second-order valence-corrected chi connectivity index (χ2v) is 7.21. The number of carbonyl (C=O) groups excluding carboxylic acids is 1. The summed E-state index contributed by atoms with van der Waals surface area (Å²) in [5, 5.41) is 1.57. The van der Waals surface area contributed by atoms with E-state index in [-0.39, 0.29) is 16.9 Å². The lowest BCUT2D eigenvalue weighted by atomic mass is 10.1. The molecule has 0 aliphatic carbocycles. The summed E-state index contributed by atoms with van der Waals surface area (Å²) in [7, 11) is 1.89. The van der Waals surface area contributed by atoms with E-state index in [1.54, 1.807) is 24.7 Å². The minimum Gasteiger partial charge on any atom is -0.378 e. The minimum absolute atomic E-state index is 0.0342. The van der Waals surface area contributed by atoms with Crippen LogP contribution in [0, 0.1) is 6.92 Å². The van der Waals surface area contributed by atoms with Crippen molar-refractivity contribution in [1.29, 1.82) is 0 Å². The fraction of sp³-hybridized carbons (Fsp3) is 0.292. The van der Waals surface area contributed by atoms with Gasteiger partial charge in [-0.25, -0.2) is 9.97 Å². The van der Waals surface area contributed by atoms with Crippen molar-refractivity contribution < 1.29 is 20.5 Å². The highest BCUT2D eigenvalue weighted by molar-refractivity contribution is 5.98. The smallest absolute Gasteiger partial charge is 0.169 e. The Morgan fingerprint density at radius 3 is 2.66 bits per heavy atom. The summed E-state index contributed by atoms with van der Waals surface area (Å²) < 4.78 is 70.9. The summed E-state index contributed by atoms with van der Waals surface area (Å²) in [5.74, 6) is -0.0712. The van der Waals surface area contributed by atoms with Crippen molar-refractivity contribution in [2.75, 3.05) is 31.0 Å². The van der Waals surface area contributed by atoms with Crippen molar-refractivity contribution in [2.45, 2.75) is 13.3 Å². The molecule has 162 valence electrons. The Morgan fingerprint density at radius 1 is 1.06 bits per heavy atom. The molecule has 32 heavy (non-hydrogen) atoms. The zero-order chi connectivity index (χ0) is 29.3. The van der Waals surface area contributed by atoms with Gasteiger partial charge in [-0.15, -0.1) is 0 Å². The normalized spacial score (nSPS) is 24.1. The molecule has 8 heteroatoms. The minimum atomic E-state index is -3.24. The number of pyridine rings is 3. The number of hydrogen-bond donors (Lipinski definition) is 0. The molecular weight excluding hydrogens is 404 g/mol. The molecule has 0 spiro atoms. The molecule has 0 N–H and O–H groups in total. The van der Waals surface area contributed by atoms with Crippen LogP contribution in [-0.2, 0) is 18.2 Å². The number of Topliss-reactive ketones (excluding diaryl/α,β-unsaturated/α-hetero) is 1. The first-order valence-electron chi connectivity index (χ1n) is 13.8. The number of aromatic nitrogens is 5. The van der Waals surface area contributed by atoms with Crippen molar-refractivity contribution in [3.8, 4) is 11.4 Å². The van der Waals surface area contributed by atoms with Crippen molar-refractivity contribution in [1.82, 2.24) is 24.5 Å². The predicted octanol–water partition coefficient (Wildman–Crippen LogP) is 3.00. The van der Waals surface area contributed by atoms with Crippen LogP contribution in [0.1, 0.15) is 32.8 Å². The molecule has 5 rings (SSSR count). The molecule has 1 aliphatic rings. The molecule has 0 amide bonds. The van der Waals surface area contributed by atoms with E-state index in [0.29, 0.717) is 11.4 Å². The van der Waals surface area contributed by atoms with Gasteiger partial charge in [0.25, 0.3) is 0 Å². The van der Waals surface area contributed by atoms with E-state index in [0.717, 1.165) is 34.6 Å². The average Bonchev–Trinajstić information content (AvgIpc) is 3.20. The van der Waals surface area contributed by atoms with Crippen LogP contribution in [0.5, 0.6) is 0 Å². The molecule has 0 aromatic carbocycles. The molecule has 0 unspecified atom stereocenters. The van der Waals surface area contributed by atoms with Gasteiger partial charge in [-0.05, 0) is 36.6 Å². The summed E-state index contributed by atoms with van der Waals surface area (Å²) in [4.78, 5) is 30.5. The number of morpholine rings is 1.